The first kappa shape index (κ1) is 9.58. The van der Waals surface area contributed by atoms with E-state index in [9.17, 15) is 0 Å². The molecule has 0 atom stereocenters. The molecular weight excluding hydrogens is 220 g/mol. The molecule has 0 N–H and O–H groups in total. The maximum Gasteiger partial charge on any atom is 0.247 e. The van der Waals surface area contributed by atoms with Gasteiger partial charge in [0.2, 0.25) is 5.88 Å². The van der Waals surface area contributed by atoms with Crippen LogP contribution in [0.3, 0.4) is 0 Å². The monoisotopic (exact) mass is 232 g/mol. The third kappa shape index (κ3) is 2.24. The number of aryl methyl sites for hydroxylation is 1. The Labute approximate surface area is 80.8 Å². The second-order valence-corrected chi connectivity index (χ2v) is 3.33. The van der Waals surface area contributed by atoms with Gasteiger partial charge in [0, 0.05) is 12.7 Å². The summed E-state index contributed by atoms with van der Waals surface area (Å²) in [4.78, 5) is 0. The molecule has 0 radical (unpaired) electrons. The number of hydrogen-bond acceptors (Lipinski definition) is 2. The van der Waals surface area contributed by atoms with E-state index >= 15 is 0 Å². The van der Waals surface area contributed by atoms with Crippen LogP contribution in [0.25, 0.3) is 0 Å². The van der Waals surface area contributed by atoms with E-state index in [0.717, 1.165) is 17.4 Å². The van der Waals surface area contributed by atoms with Crippen molar-refractivity contribution in [1.29, 1.82) is 0 Å². The second-order valence-electron chi connectivity index (χ2n) is 2.48. The molecule has 1 aromatic rings. The van der Waals surface area contributed by atoms with Crippen LogP contribution in [0.5, 0.6) is 5.88 Å². The van der Waals surface area contributed by atoms with E-state index in [1.807, 2.05) is 17.8 Å². The summed E-state index contributed by atoms with van der Waals surface area (Å²) in [5, 5.41) is 4.24. The molecule has 4 heteroatoms. The van der Waals surface area contributed by atoms with Crippen LogP contribution in [0.4, 0.5) is 0 Å². The summed E-state index contributed by atoms with van der Waals surface area (Å²) in [5.74, 6) is 0.686. The zero-order valence-corrected chi connectivity index (χ0v) is 8.97. The molecule has 68 valence electrons. The first-order chi connectivity index (χ1) is 5.77. The molecule has 1 rings (SSSR count). The summed E-state index contributed by atoms with van der Waals surface area (Å²) < 4.78 is 8.10. The smallest absolute Gasteiger partial charge is 0.247 e. The van der Waals surface area contributed by atoms with Crippen molar-refractivity contribution in [3.05, 3.63) is 10.7 Å². The van der Waals surface area contributed by atoms with Crippen LogP contribution in [0.1, 0.15) is 20.3 Å². The van der Waals surface area contributed by atoms with Crippen molar-refractivity contribution in [3.63, 3.8) is 0 Å². The Balaban J connectivity index is 2.70. The van der Waals surface area contributed by atoms with Crippen molar-refractivity contribution in [2.45, 2.75) is 26.8 Å². The van der Waals surface area contributed by atoms with Gasteiger partial charge in [-0.2, -0.15) is 0 Å². The van der Waals surface area contributed by atoms with Crippen LogP contribution in [0.2, 0.25) is 0 Å². The predicted octanol–water partition coefficient (Wildman–Crippen LogP) is 2.45. The van der Waals surface area contributed by atoms with E-state index in [4.69, 9.17) is 4.74 Å². The molecular formula is C8H13BrN2O. The molecule has 3 nitrogen and oxygen atoms in total. The number of ether oxygens (including phenoxy) is 1. The fourth-order valence-corrected chi connectivity index (χ4v) is 1.39. The van der Waals surface area contributed by atoms with Gasteiger partial charge in [0.25, 0.3) is 0 Å². The zero-order valence-electron chi connectivity index (χ0n) is 7.38. The molecule has 0 saturated carbocycles. The van der Waals surface area contributed by atoms with E-state index < -0.39 is 0 Å². The van der Waals surface area contributed by atoms with Gasteiger partial charge in [-0.25, -0.2) is 0 Å². The van der Waals surface area contributed by atoms with Crippen LogP contribution in [0, 0.1) is 0 Å². The molecule has 0 aliphatic heterocycles. The van der Waals surface area contributed by atoms with Crippen LogP contribution < -0.4 is 4.74 Å². The molecule has 0 spiro atoms. The lowest BCUT2D eigenvalue weighted by Crippen LogP contribution is -1.98. The van der Waals surface area contributed by atoms with Gasteiger partial charge in [0.15, 0.2) is 0 Å². The van der Waals surface area contributed by atoms with Gasteiger partial charge in [-0.15, -0.1) is 5.10 Å². The third-order valence-corrected chi connectivity index (χ3v) is 1.96. The molecule has 0 fully saturated rings. The lowest BCUT2D eigenvalue weighted by atomic mass is 10.5. The number of nitrogens with zero attached hydrogens (tertiary/aromatic N) is 2. The Morgan fingerprint density at radius 2 is 2.33 bits per heavy atom. The van der Waals surface area contributed by atoms with Gasteiger partial charge in [-0.3, -0.25) is 4.68 Å². The van der Waals surface area contributed by atoms with Gasteiger partial charge in [0.05, 0.1) is 11.1 Å². The molecule has 0 saturated heterocycles. The third-order valence-electron chi connectivity index (χ3n) is 1.42. The van der Waals surface area contributed by atoms with Gasteiger partial charge in [0.1, 0.15) is 0 Å². The Hall–Kier alpha value is -0.510. The van der Waals surface area contributed by atoms with Gasteiger partial charge < -0.3 is 4.74 Å². The van der Waals surface area contributed by atoms with Crippen molar-refractivity contribution >= 4 is 15.9 Å². The summed E-state index contributed by atoms with van der Waals surface area (Å²) >= 11 is 3.38. The van der Waals surface area contributed by atoms with Crippen molar-refractivity contribution < 1.29 is 4.74 Å². The highest BCUT2D eigenvalue weighted by Crippen LogP contribution is 2.22. The summed E-state index contributed by atoms with van der Waals surface area (Å²) in [5.41, 5.74) is 0. The maximum atomic E-state index is 5.28. The predicted molar refractivity (Wildman–Crippen MR) is 51.4 cm³/mol. The molecule has 0 unspecified atom stereocenters. The zero-order chi connectivity index (χ0) is 8.97. The number of aromatic nitrogens is 2. The number of halogens is 1. The van der Waals surface area contributed by atoms with Gasteiger partial charge in [-0.1, -0.05) is 6.92 Å². The van der Waals surface area contributed by atoms with E-state index in [0.29, 0.717) is 12.5 Å². The van der Waals surface area contributed by atoms with Crippen LogP contribution in [-0.4, -0.2) is 16.4 Å². The van der Waals surface area contributed by atoms with Crippen LogP contribution >= 0.6 is 15.9 Å². The summed E-state index contributed by atoms with van der Waals surface area (Å²) in [6.07, 6.45) is 3.02. The molecule has 0 bridgehead atoms. The maximum absolute atomic E-state index is 5.28. The van der Waals surface area contributed by atoms with Gasteiger partial charge in [-0.05, 0) is 29.3 Å². The highest BCUT2D eigenvalue weighted by Gasteiger charge is 2.05. The molecule has 1 heterocycles. The van der Waals surface area contributed by atoms with Crippen LogP contribution in [0.15, 0.2) is 10.7 Å². The van der Waals surface area contributed by atoms with Crippen molar-refractivity contribution in [2.24, 2.45) is 0 Å². The molecule has 12 heavy (non-hydrogen) atoms. The summed E-state index contributed by atoms with van der Waals surface area (Å²) in [6.45, 7) is 5.66. The lowest BCUT2D eigenvalue weighted by Gasteiger charge is -1.97. The molecule has 0 aliphatic rings. The topological polar surface area (TPSA) is 27.1 Å². The first-order valence-electron chi connectivity index (χ1n) is 4.13. The van der Waals surface area contributed by atoms with Crippen molar-refractivity contribution in [1.82, 2.24) is 9.78 Å². The van der Waals surface area contributed by atoms with Crippen molar-refractivity contribution in [2.75, 3.05) is 6.61 Å². The van der Waals surface area contributed by atoms with Crippen LogP contribution in [-0.2, 0) is 6.54 Å². The Morgan fingerprint density at radius 3 is 2.92 bits per heavy atom. The highest BCUT2D eigenvalue weighted by molar-refractivity contribution is 9.10. The van der Waals surface area contributed by atoms with E-state index in [1.165, 1.54) is 0 Å². The summed E-state index contributed by atoms with van der Waals surface area (Å²) in [6, 6.07) is 0. The Morgan fingerprint density at radius 1 is 1.58 bits per heavy atom. The molecule has 0 aliphatic carbocycles. The van der Waals surface area contributed by atoms with E-state index in [-0.39, 0.29) is 0 Å². The highest BCUT2D eigenvalue weighted by atomic mass is 79.9. The lowest BCUT2D eigenvalue weighted by molar-refractivity contribution is 0.319. The van der Waals surface area contributed by atoms with E-state index in [2.05, 4.69) is 28.0 Å². The molecule has 0 aromatic carbocycles. The quantitative estimate of drug-likeness (QED) is 0.798. The average molecular weight is 233 g/mol. The fraction of sp³-hybridized carbons (Fsp3) is 0.625. The SMILES string of the molecule is CCCn1cc(Br)c(OCC)n1. The van der Waals surface area contributed by atoms with Gasteiger partial charge >= 0.3 is 0 Å². The Kier molecular flexibility index (Phi) is 3.59. The largest absolute Gasteiger partial charge is 0.476 e. The number of hydrogen-bond donors (Lipinski definition) is 0. The summed E-state index contributed by atoms with van der Waals surface area (Å²) in [7, 11) is 0. The number of rotatable bonds is 4. The van der Waals surface area contributed by atoms with E-state index in [1.54, 1.807) is 0 Å². The fourth-order valence-electron chi connectivity index (χ4n) is 0.958. The average Bonchev–Trinajstić information content (AvgIpc) is 2.34. The standard InChI is InChI=1S/C8H13BrN2O/c1-3-5-11-6-7(9)8(10-11)12-4-2/h6H,3-5H2,1-2H3. The minimum Gasteiger partial charge on any atom is -0.476 e. The van der Waals surface area contributed by atoms with Crippen molar-refractivity contribution in [3.8, 4) is 5.88 Å². The minimum absolute atomic E-state index is 0.655. The first-order valence-corrected chi connectivity index (χ1v) is 4.93. The Bertz CT molecular complexity index is 247. The normalized spacial score (nSPS) is 10.2. The second kappa shape index (κ2) is 4.50. The molecule has 0 amide bonds. The minimum atomic E-state index is 0.655. The molecule has 1 aromatic heterocycles.